The minimum absolute atomic E-state index is 0.0991. The molecule has 0 radical (unpaired) electrons. The predicted octanol–water partition coefficient (Wildman–Crippen LogP) is 5.41. The summed E-state index contributed by atoms with van der Waals surface area (Å²) in [7, 11) is 0. The number of aryl methyl sites for hydroxylation is 1. The molecule has 0 aliphatic carbocycles. The number of fused-ring (bicyclic) bond motifs is 1. The molecule has 162 valence electrons. The number of carbonyl (C=O) groups excluding carboxylic acids is 1. The van der Waals surface area contributed by atoms with Crippen molar-refractivity contribution in [1.82, 2.24) is 14.9 Å². The number of thioether (sulfide) groups is 1. The van der Waals surface area contributed by atoms with Crippen LogP contribution in [0.3, 0.4) is 0 Å². The van der Waals surface area contributed by atoms with Crippen molar-refractivity contribution >= 4 is 51.8 Å². The summed E-state index contributed by atoms with van der Waals surface area (Å²) in [4.78, 5) is 30.4. The van der Waals surface area contributed by atoms with E-state index in [1.807, 2.05) is 43.3 Å². The molecule has 4 aromatic rings. The van der Waals surface area contributed by atoms with Crippen molar-refractivity contribution in [3.8, 4) is 5.69 Å². The van der Waals surface area contributed by atoms with Gasteiger partial charge in [0.1, 0.15) is 0 Å². The normalized spacial score (nSPS) is 11.0. The van der Waals surface area contributed by atoms with Crippen LogP contribution in [0.5, 0.6) is 0 Å². The summed E-state index contributed by atoms with van der Waals surface area (Å²) in [5.74, 6) is -0.0964. The fourth-order valence-electron chi connectivity index (χ4n) is 3.17. The number of rotatable bonds is 6. The topological polar surface area (TPSA) is 64.0 Å². The van der Waals surface area contributed by atoms with Crippen LogP contribution in [0.15, 0.2) is 76.7 Å². The first-order chi connectivity index (χ1) is 15.4. The highest BCUT2D eigenvalue weighted by molar-refractivity contribution is 7.99. The molecule has 0 saturated heterocycles. The molecule has 5 nitrogen and oxygen atoms in total. The first kappa shape index (κ1) is 22.4. The Morgan fingerprint density at radius 3 is 2.56 bits per heavy atom. The summed E-state index contributed by atoms with van der Waals surface area (Å²) in [6, 6.07) is 20.0. The maximum absolute atomic E-state index is 13.2. The van der Waals surface area contributed by atoms with Gasteiger partial charge in [-0.05, 0) is 48.9 Å². The number of benzene rings is 3. The molecule has 4 rings (SSSR count). The van der Waals surface area contributed by atoms with Crippen molar-refractivity contribution in [3.63, 3.8) is 0 Å². The molecule has 1 N–H and O–H groups in total. The molecule has 3 aromatic carbocycles. The number of amides is 1. The molecule has 8 heteroatoms. The smallest absolute Gasteiger partial charge is 0.266 e. The third-order valence-electron chi connectivity index (χ3n) is 4.86. The minimum atomic E-state index is -0.195. The van der Waals surface area contributed by atoms with Gasteiger partial charge in [0.2, 0.25) is 5.91 Å². The minimum Gasteiger partial charge on any atom is -0.351 e. The van der Waals surface area contributed by atoms with Gasteiger partial charge in [-0.2, -0.15) is 0 Å². The van der Waals surface area contributed by atoms with E-state index in [0.29, 0.717) is 31.8 Å². The fraction of sp³-hybridized carbons (Fsp3) is 0.125. The van der Waals surface area contributed by atoms with E-state index >= 15 is 0 Å². The van der Waals surface area contributed by atoms with Crippen LogP contribution < -0.4 is 10.9 Å². The predicted molar refractivity (Wildman–Crippen MR) is 131 cm³/mol. The summed E-state index contributed by atoms with van der Waals surface area (Å²) in [5, 5.41) is 4.86. The second-order valence-electron chi connectivity index (χ2n) is 7.19. The van der Waals surface area contributed by atoms with E-state index in [1.165, 1.54) is 11.8 Å². The number of hydrogen-bond donors (Lipinski definition) is 1. The number of nitrogens with one attached hydrogen (secondary N) is 1. The van der Waals surface area contributed by atoms with E-state index in [1.54, 1.807) is 34.9 Å². The van der Waals surface area contributed by atoms with E-state index in [4.69, 9.17) is 23.2 Å². The number of nitrogens with zero attached hydrogens (tertiary/aromatic N) is 2. The number of halogens is 2. The molecule has 0 saturated carbocycles. The summed E-state index contributed by atoms with van der Waals surface area (Å²) in [6.07, 6.45) is 0. The third-order valence-corrected chi connectivity index (χ3v) is 6.39. The standard InChI is InChI=1S/C24H19Cl2N3O2S/c1-15-6-10-18(11-7-15)29-23(31)19-4-2-3-5-21(19)28-24(29)32-14-22(30)27-13-16-8-9-17(25)12-20(16)26/h2-12H,13-14H2,1H3,(H,27,30). The zero-order chi connectivity index (χ0) is 22.7. The van der Waals surface area contributed by atoms with Crippen LogP contribution in [0, 0.1) is 6.92 Å². The lowest BCUT2D eigenvalue weighted by atomic mass is 10.2. The lowest BCUT2D eigenvalue weighted by Crippen LogP contribution is -2.26. The lowest BCUT2D eigenvalue weighted by molar-refractivity contribution is -0.118. The summed E-state index contributed by atoms with van der Waals surface area (Å²) < 4.78 is 1.55. The van der Waals surface area contributed by atoms with Gasteiger partial charge >= 0.3 is 0 Å². The number of carbonyl (C=O) groups is 1. The first-order valence-corrected chi connectivity index (χ1v) is 11.6. The largest absolute Gasteiger partial charge is 0.351 e. The molecule has 0 bridgehead atoms. The third kappa shape index (κ3) is 4.99. The molecule has 0 aliphatic heterocycles. The van der Waals surface area contributed by atoms with Crippen LogP contribution in [-0.4, -0.2) is 21.2 Å². The van der Waals surface area contributed by atoms with Gasteiger partial charge in [-0.3, -0.25) is 14.2 Å². The van der Waals surface area contributed by atoms with Crippen LogP contribution >= 0.6 is 35.0 Å². The van der Waals surface area contributed by atoms with Crippen molar-refractivity contribution < 1.29 is 4.79 Å². The highest BCUT2D eigenvalue weighted by Crippen LogP contribution is 2.23. The molecular weight excluding hydrogens is 465 g/mol. The Morgan fingerprint density at radius 1 is 1.06 bits per heavy atom. The quantitative estimate of drug-likeness (QED) is 0.294. The monoisotopic (exact) mass is 483 g/mol. The first-order valence-electron chi connectivity index (χ1n) is 9.84. The Labute approximate surface area is 199 Å². The van der Waals surface area contributed by atoms with Crippen LogP contribution in [0.2, 0.25) is 10.0 Å². The molecular formula is C24H19Cl2N3O2S. The summed E-state index contributed by atoms with van der Waals surface area (Å²) >= 11 is 13.3. The van der Waals surface area contributed by atoms with Gasteiger partial charge < -0.3 is 5.32 Å². The molecule has 0 unspecified atom stereocenters. The second kappa shape index (κ2) is 9.77. The fourth-order valence-corrected chi connectivity index (χ4v) is 4.49. The van der Waals surface area contributed by atoms with Gasteiger partial charge in [-0.25, -0.2) is 4.98 Å². The van der Waals surface area contributed by atoms with E-state index in [-0.39, 0.29) is 23.8 Å². The Bertz CT molecular complexity index is 1350. The lowest BCUT2D eigenvalue weighted by Gasteiger charge is -2.13. The SMILES string of the molecule is Cc1ccc(-n2c(SCC(=O)NCc3ccc(Cl)cc3Cl)nc3ccccc3c2=O)cc1. The molecule has 32 heavy (non-hydrogen) atoms. The van der Waals surface area contributed by atoms with Crippen LogP contribution in [0.25, 0.3) is 16.6 Å². The van der Waals surface area contributed by atoms with Gasteiger partial charge in [-0.15, -0.1) is 0 Å². The zero-order valence-electron chi connectivity index (χ0n) is 17.1. The molecule has 0 aliphatic rings. The molecule has 1 aromatic heterocycles. The molecule has 1 amide bonds. The summed E-state index contributed by atoms with van der Waals surface area (Å²) in [6.45, 7) is 2.27. The van der Waals surface area contributed by atoms with Gasteiger partial charge in [-0.1, -0.05) is 70.9 Å². The highest BCUT2D eigenvalue weighted by Gasteiger charge is 2.15. The highest BCUT2D eigenvalue weighted by atomic mass is 35.5. The van der Waals surface area contributed by atoms with E-state index in [9.17, 15) is 9.59 Å². The van der Waals surface area contributed by atoms with Crippen LogP contribution in [0.1, 0.15) is 11.1 Å². The van der Waals surface area contributed by atoms with Crippen molar-refractivity contribution in [2.45, 2.75) is 18.6 Å². The van der Waals surface area contributed by atoms with Crippen molar-refractivity contribution in [2.24, 2.45) is 0 Å². The van der Waals surface area contributed by atoms with Gasteiger partial charge in [0.25, 0.3) is 5.56 Å². The number of para-hydroxylation sites is 1. The molecule has 1 heterocycles. The van der Waals surface area contributed by atoms with E-state index in [2.05, 4.69) is 10.3 Å². The average molecular weight is 484 g/mol. The Balaban J connectivity index is 1.57. The van der Waals surface area contributed by atoms with Gasteiger partial charge in [0, 0.05) is 16.6 Å². The van der Waals surface area contributed by atoms with Gasteiger partial charge in [0.05, 0.1) is 22.3 Å². The van der Waals surface area contributed by atoms with Crippen LogP contribution in [-0.2, 0) is 11.3 Å². The maximum atomic E-state index is 13.2. The maximum Gasteiger partial charge on any atom is 0.266 e. The molecule has 0 spiro atoms. The average Bonchev–Trinajstić information content (AvgIpc) is 2.78. The van der Waals surface area contributed by atoms with Crippen molar-refractivity contribution in [1.29, 1.82) is 0 Å². The molecule has 0 fully saturated rings. The Morgan fingerprint density at radius 2 is 1.81 bits per heavy atom. The van der Waals surface area contributed by atoms with Crippen LogP contribution in [0.4, 0.5) is 0 Å². The van der Waals surface area contributed by atoms with Crippen molar-refractivity contribution in [2.75, 3.05) is 5.75 Å². The Kier molecular flexibility index (Phi) is 6.84. The van der Waals surface area contributed by atoms with Crippen molar-refractivity contribution in [3.05, 3.63) is 98.3 Å². The van der Waals surface area contributed by atoms with Gasteiger partial charge in [0.15, 0.2) is 5.16 Å². The van der Waals surface area contributed by atoms with E-state index in [0.717, 1.165) is 11.1 Å². The Hall–Kier alpha value is -2.80. The van der Waals surface area contributed by atoms with E-state index < -0.39 is 0 Å². The molecule has 0 atom stereocenters. The summed E-state index contributed by atoms with van der Waals surface area (Å²) in [5.41, 5.74) is 2.99. The second-order valence-corrected chi connectivity index (χ2v) is 8.97. The number of hydrogen-bond acceptors (Lipinski definition) is 4. The number of aromatic nitrogens is 2. The zero-order valence-corrected chi connectivity index (χ0v) is 19.5.